The number of ether oxygens (including phenoxy) is 1. The van der Waals surface area contributed by atoms with Gasteiger partial charge in [0.25, 0.3) is 0 Å². The summed E-state index contributed by atoms with van der Waals surface area (Å²) in [6, 6.07) is 17.8. The van der Waals surface area contributed by atoms with E-state index in [2.05, 4.69) is 0 Å². The second-order valence-electron chi connectivity index (χ2n) is 3.70. The molecule has 0 heterocycles. The number of hydrogen-bond donors (Lipinski definition) is 0. The Morgan fingerprint density at radius 2 is 1.65 bits per heavy atom. The summed E-state index contributed by atoms with van der Waals surface area (Å²) in [5.74, 6) is 0.856. The predicted octanol–water partition coefficient (Wildman–Crippen LogP) is 3.86. The minimum Gasteiger partial charge on any atom is -0.497 e. The summed E-state index contributed by atoms with van der Waals surface area (Å²) in [4.78, 5) is 0. The molecule has 0 N–H and O–H groups in total. The Morgan fingerprint density at radius 1 is 1.00 bits per heavy atom. The van der Waals surface area contributed by atoms with Crippen molar-refractivity contribution in [2.45, 2.75) is 6.54 Å². The van der Waals surface area contributed by atoms with Gasteiger partial charge in [0.2, 0.25) is 0 Å². The number of rotatable bonds is 4. The second-order valence-corrected chi connectivity index (χ2v) is 4.11. The molecule has 17 heavy (non-hydrogen) atoms. The van der Waals surface area contributed by atoms with Gasteiger partial charge in [-0.2, -0.15) is 0 Å². The van der Waals surface area contributed by atoms with Crippen molar-refractivity contribution in [3.63, 3.8) is 0 Å². The van der Waals surface area contributed by atoms with Crippen LogP contribution in [0.5, 0.6) is 5.75 Å². The molecular formula is C14H14ClNO. The van der Waals surface area contributed by atoms with E-state index in [0.717, 1.165) is 17.0 Å². The lowest BCUT2D eigenvalue weighted by atomic mass is 10.2. The van der Waals surface area contributed by atoms with Crippen LogP contribution in [0.3, 0.4) is 0 Å². The van der Waals surface area contributed by atoms with Gasteiger partial charge in [0, 0.05) is 11.8 Å². The molecule has 88 valence electrons. The lowest BCUT2D eigenvalue weighted by Crippen LogP contribution is -2.09. The molecule has 2 rings (SSSR count). The standard InChI is InChI=1S/C14H14ClNO/c1-17-14-9-7-12(8-10-14)11-16(15)13-5-3-2-4-6-13/h2-10H,11H2,1H3. The third-order valence-corrected chi connectivity index (χ3v) is 2.83. The molecule has 0 aliphatic heterocycles. The maximum Gasteiger partial charge on any atom is 0.118 e. The van der Waals surface area contributed by atoms with Crippen LogP contribution in [0.15, 0.2) is 54.6 Å². The molecular weight excluding hydrogens is 234 g/mol. The molecule has 0 aliphatic rings. The molecule has 0 fully saturated rings. The molecule has 0 aliphatic carbocycles. The summed E-state index contributed by atoms with van der Waals surface area (Å²) >= 11 is 6.22. The van der Waals surface area contributed by atoms with Gasteiger partial charge >= 0.3 is 0 Å². The van der Waals surface area contributed by atoms with E-state index in [1.165, 1.54) is 0 Å². The zero-order chi connectivity index (χ0) is 12.1. The van der Waals surface area contributed by atoms with Gasteiger partial charge in [-0.15, -0.1) is 0 Å². The fraction of sp³-hybridized carbons (Fsp3) is 0.143. The smallest absolute Gasteiger partial charge is 0.118 e. The fourth-order valence-electron chi connectivity index (χ4n) is 1.57. The van der Waals surface area contributed by atoms with Gasteiger partial charge in [0.1, 0.15) is 5.75 Å². The molecule has 0 saturated carbocycles. The van der Waals surface area contributed by atoms with Crippen molar-refractivity contribution in [2.24, 2.45) is 0 Å². The molecule has 0 atom stereocenters. The Bertz CT molecular complexity index is 455. The predicted molar refractivity (Wildman–Crippen MR) is 71.5 cm³/mol. The van der Waals surface area contributed by atoms with Gasteiger partial charge in [-0.3, -0.25) is 4.42 Å². The molecule has 0 radical (unpaired) electrons. The summed E-state index contributed by atoms with van der Waals surface area (Å²) in [6.07, 6.45) is 0. The van der Waals surface area contributed by atoms with E-state index in [9.17, 15) is 0 Å². The minimum atomic E-state index is 0.662. The van der Waals surface area contributed by atoms with Gasteiger partial charge in [-0.25, -0.2) is 0 Å². The van der Waals surface area contributed by atoms with Crippen LogP contribution in [0.25, 0.3) is 0 Å². The van der Waals surface area contributed by atoms with Crippen molar-refractivity contribution in [1.82, 2.24) is 0 Å². The van der Waals surface area contributed by atoms with Crippen LogP contribution in [0, 0.1) is 0 Å². The number of anilines is 1. The quantitative estimate of drug-likeness (QED) is 0.761. The lowest BCUT2D eigenvalue weighted by Gasteiger charge is -2.15. The molecule has 0 saturated heterocycles. The fourth-order valence-corrected chi connectivity index (χ4v) is 1.82. The van der Waals surface area contributed by atoms with Crippen LogP contribution >= 0.6 is 11.8 Å². The second kappa shape index (κ2) is 5.60. The maximum atomic E-state index is 6.22. The average Bonchev–Trinajstić information content (AvgIpc) is 2.40. The summed E-state index contributed by atoms with van der Waals surface area (Å²) < 4.78 is 6.81. The SMILES string of the molecule is COc1ccc(CN(Cl)c2ccccc2)cc1. The topological polar surface area (TPSA) is 12.5 Å². The minimum absolute atomic E-state index is 0.662. The third-order valence-electron chi connectivity index (χ3n) is 2.52. The highest BCUT2D eigenvalue weighted by atomic mass is 35.5. The first-order valence-electron chi connectivity index (χ1n) is 5.41. The number of para-hydroxylation sites is 1. The van der Waals surface area contributed by atoms with Crippen LogP contribution in [0.4, 0.5) is 5.69 Å². The highest BCUT2D eigenvalue weighted by molar-refractivity contribution is 6.25. The van der Waals surface area contributed by atoms with Gasteiger partial charge < -0.3 is 4.74 Å². The number of methoxy groups -OCH3 is 1. The van der Waals surface area contributed by atoms with Crippen LogP contribution in [-0.4, -0.2) is 7.11 Å². The first-order chi connectivity index (χ1) is 8.29. The largest absolute Gasteiger partial charge is 0.497 e. The van der Waals surface area contributed by atoms with Gasteiger partial charge in [0.05, 0.1) is 19.3 Å². The molecule has 0 unspecified atom stereocenters. The molecule has 3 heteroatoms. The molecule has 2 aromatic rings. The zero-order valence-corrected chi connectivity index (χ0v) is 10.4. The van der Waals surface area contributed by atoms with Crippen molar-refractivity contribution in [3.05, 3.63) is 60.2 Å². The Kier molecular flexibility index (Phi) is 3.89. The zero-order valence-electron chi connectivity index (χ0n) is 9.64. The van der Waals surface area contributed by atoms with Crippen LogP contribution < -0.4 is 9.16 Å². The first kappa shape index (κ1) is 11.8. The maximum absolute atomic E-state index is 6.22. The Labute approximate surface area is 107 Å². The van der Waals surface area contributed by atoms with Crippen molar-refractivity contribution in [1.29, 1.82) is 0 Å². The summed E-state index contributed by atoms with van der Waals surface area (Å²) in [7, 11) is 1.66. The highest BCUT2D eigenvalue weighted by Crippen LogP contribution is 2.20. The molecule has 2 aromatic carbocycles. The van der Waals surface area contributed by atoms with E-state index < -0.39 is 0 Å². The summed E-state index contributed by atoms with van der Waals surface area (Å²) in [6.45, 7) is 0.662. The van der Waals surface area contributed by atoms with E-state index in [4.69, 9.17) is 16.5 Å². The Balaban J connectivity index is 2.05. The van der Waals surface area contributed by atoms with Crippen molar-refractivity contribution >= 4 is 17.5 Å². The van der Waals surface area contributed by atoms with Crippen molar-refractivity contribution < 1.29 is 4.74 Å². The molecule has 0 bridgehead atoms. The van der Waals surface area contributed by atoms with Crippen LogP contribution in [0.1, 0.15) is 5.56 Å². The van der Waals surface area contributed by atoms with E-state index in [1.54, 1.807) is 11.5 Å². The third kappa shape index (κ3) is 3.14. The number of hydrogen-bond acceptors (Lipinski definition) is 2. The highest BCUT2D eigenvalue weighted by Gasteiger charge is 2.03. The van der Waals surface area contributed by atoms with Crippen molar-refractivity contribution in [3.8, 4) is 5.75 Å². The lowest BCUT2D eigenvalue weighted by molar-refractivity contribution is 0.414. The van der Waals surface area contributed by atoms with E-state index in [-0.39, 0.29) is 0 Å². The van der Waals surface area contributed by atoms with Gasteiger partial charge in [-0.1, -0.05) is 30.3 Å². The first-order valence-corrected chi connectivity index (χ1v) is 5.74. The number of benzene rings is 2. The van der Waals surface area contributed by atoms with Crippen molar-refractivity contribution in [2.75, 3.05) is 11.5 Å². The molecule has 0 spiro atoms. The average molecular weight is 248 g/mol. The number of halogens is 1. The van der Waals surface area contributed by atoms with Crippen LogP contribution in [0.2, 0.25) is 0 Å². The normalized spacial score (nSPS) is 10.0. The van der Waals surface area contributed by atoms with Gasteiger partial charge in [-0.05, 0) is 29.8 Å². The van der Waals surface area contributed by atoms with Gasteiger partial charge in [0.15, 0.2) is 0 Å². The van der Waals surface area contributed by atoms with E-state index in [0.29, 0.717) is 6.54 Å². The van der Waals surface area contributed by atoms with Crippen LogP contribution in [-0.2, 0) is 6.54 Å². The Morgan fingerprint density at radius 3 is 2.24 bits per heavy atom. The molecule has 2 nitrogen and oxygen atoms in total. The monoisotopic (exact) mass is 247 g/mol. The summed E-state index contributed by atoms with van der Waals surface area (Å²) in [5, 5.41) is 0. The Hall–Kier alpha value is -1.67. The number of nitrogens with zero attached hydrogens (tertiary/aromatic N) is 1. The summed E-state index contributed by atoms with van der Waals surface area (Å²) in [5.41, 5.74) is 2.13. The van der Waals surface area contributed by atoms with E-state index in [1.807, 2.05) is 54.6 Å². The van der Waals surface area contributed by atoms with E-state index >= 15 is 0 Å². The molecule has 0 aromatic heterocycles. The molecule has 0 amide bonds.